The molecule has 1 N–H and O–H groups in total. The molecule has 0 unspecified atom stereocenters. The van der Waals surface area contributed by atoms with E-state index in [1.165, 1.54) is 7.05 Å². The molecule has 0 heterocycles. The van der Waals surface area contributed by atoms with Gasteiger partial charge in [0.25, 0.3) is 10.2 Å². The molecule has 0 aromatic rings. The van der Waals surface area contributed by atoms with Crippen LogP contribution in [0.4, 0.5) is 0 Å². The molecule has 0 bridgehead atoms. The predicted octanol–water partition coefficient (Wildman–Crippen LogP) is -0.270. The molecule has 0 aromatic heterocycles. The van der Waals surface area contributed by atoms with Gasteiger partial charge in [-0.15, -0.1) is 0 Å². The predicted molar refractivity (Wildman–Crippen MR) is 59.5 cm³/mol. The number of hydrogen-bond acceptors (Lipinski definition) is 4. The van der Waals surface area contributed by atoms with Crippen molar-refractivity contribution in [2.75, 3.05) is 19.3 Å². The molecule has 0 rings (SSSR count). The fourth-order valence-corrected chi connectivity index (χ4v) is 2.50. The summed E-state index contributed by atoms with van der Waals surface area (Å²) in [6, 6.07) is -0.199. The van der Waals surface area contributed by atoms with Crippen LogP contribution < -0.4 is 4.72 Å². The van der Waals surface area contributed by atoms with Crippen LogP contribution in [-0.2, 0) is 19.3 Å². The van der Waals surface area contributed by atoms with Gasteiger partial charge in [-0.1, -0.05) is 0 Å². The maximum absolute atomic E-state index is 11.4. The second kappa shape index (κ2) is 5.44. The first-order valence-corrected chi connectivity index (χ1v) is 8.13. The van der Waals surface area contributed by atoms with Crippen molar-refractivity contribution in [1.82, 2.24) is 9.03 Å². The number of halogens is 1. The molecule has 0 saturated carbocycles. The van der Waals surface area contributed by atoms with Crippen LogP contribution in [0.15, 0.2) is 0 Å². The number of rotatable bonds is 6. The highest BCUT2D eigenvalue weighted by Gasteiger charge is 2.20. The molecule has 9 heteroatoms. The SMILES string of the molecule is CC(C)N(C)S(=O)(=O)NCCS(=O)(=O)Cl. The smallest absolute Gasteiger partial charge is 0.212 e. The van der Waals surface area contributed by atoms with Gasteiger partial charge < -0.3 is 0 Å². The van der Waals surface area contributed by atoms with Gasteiger partial charge >= 0.3 is 0 Å². The van der Waals surface area contributed by atoms with E-state index in [1.807, 2.05) is 0 Å². The topological polar surface area (TPSA) is 83.6 Å². The third-order valence-corrected chi connectivity index (χ3v) is 4.64. The molecule has 0 aliphatic heterocycles. The minimum absolute atomic E-state index is 0.199. The molecule has 92 valence electrons. The summed E-state index contributed by atoms with van der Waals surface area (Å²) in [7, 11) is -0.955. The Bertz CT molecular complexity index is 389. The largest absolute Gasteiger partial charge is 0.279 e. The first-order chi connectivity index (χ1) is 6.56. The molecular weight excluding hydrogens is 264 g/mol. The summed E-state index contributed by atoms with van der Waals surface area (Å²) in [6.45, 7) is 3.18. The first kappa shape index (κ1) is 15.1. The van der Waals surface area contributed by atoms with E-state index in [4.69, 9.17) is 10.7 Å². The first-order valence-electron chi connectivity index (χ1n) is 4.21. The van der Waals surface area contributed by atoms with Crippen molar-refractivity contribution in [2.24, 2.45) is 0 Å². The Hall–Kier alpha value is 0.110. The molecule has 0 spiro atoms. The molecule has 0 aliphatic rings. The van der Waals surface area contributed by atoms with Crippen LogP contribution in [0.3, 0.4) is 0 Å². The molecule has 0 saturated heterocycles. The molecule has 0 aliphatic carbocycles. The van der Waals surface area contributed by atoms with E-state index in [-0.39, 0.29) is 12.6 Å². The Morgan fingerprint density at radius 2 is 1.73 bits per heavy atom. The van der Waals surface area contributed by atoms with Crippen LogP contribution in [0.1, 0.15) is 13.8 Å². The van der Waals surface area contributed by atoms with E-state index >= 15 is 0 Å². The minimum Gasteiger partial charge on any atom is -0.212 e. The zero-order chi connectivity index (χ0) is 12.3. The Labute approximate surface area is 95.2 Å². The second-order valence-corrected chi connectivity index (χ2v) is 7.96. The van der Waals surface area contributed by atoms with Gasteiger partial charge in [-0.05, 0) is 13.8 Å². The lowest BCUT2D eigenvalue weighted by Crippen LogP contribution is -2.43. The third kappa shape index (κ3) is 6.31. The van der Waals surface area contributed by atoms with E-state index < -0.39 is 25.0 Å². The van der Waals surface area contributed by atoms with Crippen molar-refractivity contribution in [3.05, 3.63) is 0 Å². The number of nitrogens with one attached hydrogen (secondary N) is 1. The lowest BCUT2D eigenvalue weighted by atomic mass is 10.4. The average molecular weight is 279 g/mol. The number of nitrogens with zero attached hydrogens (tertiary/aromatic N) is 1. The molecule has 0 atom stereocenters. The molecule has 0 aromatic carbocycles. The van der Waals surface area contributed by atoms with E-state index in [9.17, 15) is 16.8 Å². The van der Waals surface area contributed by atoms with E-state index in [2.05, 4.69) is 4.72 Å². The third-order valence-electron chi connectivity index (χ3n) is 1.74. The second-order valence-electron chi connectivity index (χ2n) is 3.25. The highest BCUT2D eigenvalue weighted by Crippen LogP contribution is 2.01. The van der Waals surface area contributed by atoms with Crippen LogP contribution in [-0.4, -0.2) is 46.5 Å². The quantitative estimate of drug-likeness (QED) is 0.678. The van der Waals surface area contributed by atoms with Crippen LogP contribution >= 0.6 is 10.7 Å². The summed E-state index contributed by atoms with van der Waals surface area (Å²) in [5.41, 5.74) is 0. The van der Waals surface area contributed by atoms with E-state index in [0.29, 0.717) is 0 Å². The van der Waals surface area contributed by atoms with Gasteiger partial charge in [0.2, 0.25) is 9.05 Å². The average Bonchev–Trinajstić information content (AvgIpc) is 1.99. The normalized spacial score (nSPS) is 13.7. The van der Waals surface area contributed by atoms with Gasteiger partial charge in [0, 0.05) is 30.3 Å². The van der Waals surface area contributed by atoms with Gasteiger partial charge in [-0.3, -0.25) is 0 Å². The minimum atomic E-state index is -3.67. The molecule has 15 heavy (non-hydrogen) atoms. The molecule has 6 nitrogen and oxygen atoms in total. The Morgan fingerprint density at radius 3 is 2.07 bits per heavy atom. The van der Waals surface area contributed by atoms with Crippen molar-refractivity contribution in [2.45, 2.75) is 19.9 Å². The lowest BCUT2D eigenvalue weighted by molar-refractivity contribution is 0.403. The monoisotopic (exact) mass is 278 g/mol. The highest BCUT2D eigenvalue weighted by atomic mass is 35.7. The van der Waals surface area contributed by atoms with Crippen molar-refractivity contribution >= 4 is 29.9 Å². The highest BCUT2D eigenvalue weighted by molar-refractivity contribution is 8.13. The summed E-state index contributed by atoms with van der Waals surface area (Å²) in [6.07, 6.45) is 0. The van der Waals surface area contributed by atoms with Gasteiger partial charge in [-0.2, -0.15) is 12.7 Å². The van der Waals surface area contributed by atoms with Crippen molar-refractivity contribution in [1.29, 1.82) is 0 Å². The molecule has 0 radical (unpaired) electrons. The summed E-state index contributed by atoms with van der Waals surface area (Å²) >= 11 is 0. The molecule has 0 amide bonds. The molecular formula is C6H15ClN2O4S2. The summed E-state index contributed by atoms with van der Waals surface area (Å²) in [4.78, 5) is 0. The van der Waals surface area contributed by atoms with Crippen LogP contribution in [0, 0.1) is 0 Å². The maximum atomic E-state index is 11.4. The van der Waals surface area contributed by atoms with Crippen LogP contribution in [0.5, 0.6) is 0 Å². The van der Waals surface area contributed by atoms with Crippen molar-refractivity contribution in [3.63, 3.8) is 0 Å². The van der Waals surface area contributed by atoms with Crippen LogP contribution in [0.25, 0.3) is 0 Å². The summed E-state index contributed by atoms with van der Waals surface area (Å²) in [5, 5.41) is 0. The maximum Gasteiger partial charge on any atom is 0.279 e. The standard InChI is InChI=1S/C6H15ClN2O4S2/c1-6(2)9(3)15(12,13)8-4-5-14(7,10)11/h6,8H,4-5H2,1-3H3. The van der Waals surface area contributed by atoms with E-state index in [0.717, 1.165) is 4.31 Å². The van der Waals surface area contributed by atoms with Crippen molar-refractivity contribution < 1.29 is 16.8 Å². The van der Waals surface area contributed by atoms with Crippen molar-refractivity contribution in [3.8, 4) is 0 Å². The van der Waals surface area contributed by atoms with Gasteiger partial charge in [0.05, 0.1) is 5.75 Å². The number of hydrogen-bond donors (Lipinski definition) is 1. The summed E-state index contributed by atoms with van der Waals surface area (Å²) in [5.74, 6) is -0.431. The van der Waals surface area contributed by atoms with Gasteiger partial charge in [-0.25, -0.2) is 13.1 Å². The molecule has 0 fully saturated rings. The Kier molecular flexibility index (Phi) is 5.48. The fraction of sp³-hybridized carbons (Fsp3) is 1.00. The fourth-order valence-electron chi connectivity index (χ4n) is 0.672. The Balaban J connectivity index is 4.30. The van der Waals surface area contributed by atoms with E-state index in [1.54, 1.807) is 13.8 Å². The van der Waals surface area contributed by atoms with Gasteiger partial charge in [0.1, 0.15) is 0 Å². The zero-order valence-electron chi connectivity index (χ0n) is 8.77. The summed E-state index contributed by atoms with van der Waals surface area (Å²) < 4.78 is 47.2. The Morgan fingerprint density at radius 1 is 1.27 bits per heavy atom. The van der Waals surface area contributed by atoms with Gasteiger partial charge in [0.15, 0.2) is 0 Å². The zero-order valence-corrected chi connectivity index (χ0v) is 11.2. The van der Waals surface area contributed by atoms with Crippen LogP contribution in [0.2, 0.25) is 0 Å². The lowest BCUT2D eigenvalue weighted by Gasteiger charge is -2.20.